The van der Waals surface area contributed by atoms with Crippen LogP contribution in [0, 0.1) is 0 Å². The van der Waals surface area contributed by atoms with Crippen molar-refractivity contribution in [2.45, 2.75) is 13.0 Å². The van der Waals surface area contributed by atoms with Crippen LogP contribution in [0.2, 0.25) is 0 Å². The summed E-state index contributed by atoms with van der Waals surface area (Å²) in [6, 6.07) is 0. The predicted octanol–water partition coefficient (Wildman–Crippen LogP) is -0.242. The van der Waals surface area contributed by atoms with Gasteiger partial charge in [0.2, 0.25) is 5.89 Å². The highest BCUT2D eigenvalue weighted by Crippen LogP contribution is 1.99. The van der Waals surface area contributed by atoms with Crippen LogP contribution in [0.15, 0.2) is 4.52 Å². The second-order valence-electron chi connectivity index (χ2n) is 2.91. The van der Waals surface area contributed by atoms with Crippen molar-refractivity contribution in [3.63, 3.8) is 0 Å². The summed E-state index contributed by atoms with van der Waals surface area (Å²) in [4.78, 5) is 16.0. The molecule has 1 heterocycles. The summed E-state index contributed by atoms with van der Waals surface area (Å²) in [5.41, 5.74) is 0. The highest BCUT2D eigenvalue weighted by atomic mass is 16.5. The number of nitrogens with zero attached hydrogens (tertiary/aromatic N) is 3. The van der Waals surface area contributed by atoms with Gasteiger partial charge in [0.05, 0.1) is 6.54 Å². The molecule has 0 aromatic carbocycles. The van der Waals surface area contributed by atoms with Gasteiger partial charge in [0, 0.05) is 0 Å². The first-order valence-corrected chi connectivity index (χ1v) is 3.76. The number of carboxylic acids is 1. The smallest absolute Gasteiger partial charge is 0.312 e. The zero-order chi connectivity index (χ0) is 9.84. The summed E-state index contributed by atoms with van der Waals surface area (Å²) < 4.78 is 4.71. The van der Waals surface area contributed by atoms with Crippen LogP contribution < -0.4 is 0 Å². The Balaban J connectivity index is 2.58. The average Bonchev–Trinajstić information content (AvgIpc) is 2.33. The Morgan fingerprint density at radius 3 is 2.85 bits per heavy atom. The summed E-state index contributed by atoms with van der Waals surface area (Å²) in [5.74, 6) is -0.328. The number of hydrogen-bond acceptors (Lipinski definition) is 5. The Bertz CT molecular complexity index is 295. The second-order valence-corrected chi connectivity index (χ2v) is 2.91. The zero-order valence-corrected chi connectivity index (χ0v) is 7.52. The van der Waals surface area contributed by atoms with E-state index in [0.717, 1.165) is 0 Å². The van der Waals surface area contributed by atoms with Crippen molar-refractivity contribution in [1.82, 2.24) is 15.0 Å². The van der Waals surface area contributed by atoms with Crippen LogP contribution in [0.3, 0.4) is 0 Å². The lowest BCUT2D eigenvalue weighted by Crippen LogP contribution is -2.11. The van der Waals surface area contributed by atoms with E-state index in [9.17, 15) is 4.79 Å². The Hall–Kier alpha value is -1.43. The van der Waals surface area contributed by atoms with Gasteiger partial charge in [0.15, 0.2) is 5.82 Å². The van der Waals surface area contributed by atoms with Gasteiger partial charge in [-0.05, 0) is 14.1 Å². The second kappa shape index (κ2) is 3.99. The maximum absolute atomic E-state index is 10.3. The molecule has 0 bridgehead atoms. The van der Waals surface area contributed by atoms with E-state index in [1.165, 1.54) is 0 Å². The molecule has 0 saturated heterocycles. The van der Waals surface area contributed by atoms with Crippen molar-refractivity contribution in [1.29, 1.82) is 0 Å². The van der Waals surface area contributed by atoms with Crippen molar-refractivity contribution in [3.8, 4) is 0 Å². The van der Waals surface area contributed by atoms with E-state index in [1.807, 2.05) is 19.0 Å². The monoisotopic (exact) mass is 185 g/mol. The summed E-state index contributed by atoms with van der Waals surface area (Å²) in [5, 5.41) is 12.0. The standard InChI is InChI=1S/C7H11N3O3/c1-10(2)4-5-8-6(13-9-5)3-7(11)12/h3-4H2,1-2H3,(H,11,12). The molecule has 6 heteroatoms. The van der Waals surface area contributed by atoms with E-state index in [4.69, 9.17) is 9.63 Å². The Morgan fingerprint density at radius 1 is 1.62 bits per heavy atom. The van der Waals surface area contributed by atoms with Crippen LogP contribution in [0.4, 0.5) is 0 Å². The molecule has 0 fully saturated rings. The van der Waals surface area contributed by atoms with E-state index in [0.29, 0.717) is 12.4 Å². The SMILES string of the molecule is CN(C)Cc1noc(CC(=O)O)n1. The fraction of sp³-hybridized carbons (Fsp3) is 0.571. The minimum atomic E-state index is -0.972. The average molecular weight is 185 g/mol. The maximum atomic E-state index is 10.3. The minimum absolute atomic E-state index is 0.143. The third-order valence-corrected chi connectivity index (χ3v) is 1.27. The lowest BCUT2D eigenvalue weighted by molar-refractivity contribution is -0.136. The van der Waals surface area contributed by atoms with Crippen molar-refractivity contribution in [2.75, 3.05) is 14.1 Å². The number of aromatic nitrogens is 2. The van der Waals surface area contributed by atoms with Gasteiger partial charge in [-0.15, -0.1) is 0 Å². The first kappa shape index (κ1) is 9.66. The highest BCUT2D eigenvalue weighted by molar-refractivity contribution is 5.68. The van der Waals surface area contributed by atoms with Crippen LogP contribution in [0.5, 0.6) is 0 Å². The van der Waals surface area contributed by atoms with Crippen molar-refractivity contribution in [3.05, 3.63) is 11.7 Å². The molecule has 0 atom stereocenters. The van der Waals surface area contributed by atoms with E-state index in [2.05, 4.69) is 10.1 Å². The van der Waals surface area contributed by atoms with Gasteiger partial charge in [-0.25, -0.2) is 0 Å². The molecule has 0 unspecified atom stereocenters. The quantitative estimate of drug-likeness (QED) is 0.697. The fourth-order valence-corrected chi connectivity index (χ4v) is 0.838. The van der Waals surface area contributed by atoms with Crippen molar-refractivity contribution < 1.29 is 14.4 Å². The molecule has 72 valence electrons. The van der Waals surface area contributed by atoms with Gasteiger partial charge in [0.25, 0.3) is 0 Å². The van der Waals surface area contributed by atoms with Crippen LogP contribution in [0.1, 0.15) is 11.7 Å². The molecule has 0 amide bonds. The third-order valence-electron chi connectivity index (χ3n) is 1.27. The predicted molar refractivity (Wildman–Crippen MR) is 43.0 cm³/mol. The van der Waals surface area contributed by atoms with Gasteiger partial charge in [-0.2, -0.15) is 4.98 Å². The Morgan fingerprint density at radius 2 is 2.31 bits per heavy atom. The van der Waals surface area contributed by atoms with Crippen LogP contribution in [0.25, 0.3) is 0 Å². The van der Waals surface area contributed by atoms with Gasteiger partial charge < -0.3 is 14.5 Å². The molecule has 0 aliphatic heterocycles. The molecule has 0 aliphatic carbocycles. The molecular weight excluding hydrogens is 174 g/mol. The minimum Gasteiger partial charge on any atom is -0.481 e. The van der Waals surface area contributed by atoms with Gasteiger partial charge in [-0.1, -0.05) is 5.16 Å². The van der Waals surface area contributed by atoms with Crippen molar-refractivity contribution in [2.24, 2.45) is 0 Å². The molecule has 0 saturated carbocycles. The summed E-state index contributed by atoms with van der Waals surface area (Å²) >= 11 is 0. The molecule has 13 heavy (non-hydrogen) atoms. The maximum Gasteiger partial charge on any atom is 0.312 e. The lowest BCUT2D eigenvalue weighted by Gasteiger charge is -2.03. The van der Waals surface area contributed by atoms with Crippen LogP contribution in [-0.4, -0.2) is 40.2 Å². The van der Waals surface area contributed by atoms with E-state index < -0.39 is 5.97 Å². The van der Waals surface area contributed by atoms with E-state index in [1.54, 1.807) is 0 Å². The number of carboxylic acid groups (broad SMARTS) is 1. The van der Waals surface area contributed by atoms with Gasteiger partial charge in [-0.3, -0.25) is 4.79 Å². The largest absolute Gasteiger partial charge is 0.481 e. The molecule has 0 spiro atoms. The molecule has 6 nitrogen and oxygen atoms in total. The van der Waals surface area contributed by atoms with Crippen molar-refractivity contribution >= 4 is 5.97 Å². The molecule has 0 radical (unpaired) electrons. The van der Waals surface area contributed by atoms with Gasteiger partial charge in [0.1, 0.15) is 6.42 Å². The van der Waals surface area contributed by atoms with E-state index in [-0.39, 0.29) is 12.3 Å². The van der Waals surface area contributed by atoms with Crippen LogP contribution in [-0.2, 0) is 17.8 Å². The number of aliphatic carboxylic acids is 1. The Labute approximate surface area is 75.2 Å². The molecule has 1 rings (SSSR count). The topological polar surface area (TPSA) is 79.5 Å². The number of hydrogen-bond donors (Lipinski definition) is 1. The molecule has 0 aliphatic rings. The lowest BCUT2D eigenvalue weighted by atomic mass is 10.4. The molecule has 1 aromatic rings. The molecular formula is C7H11N3O3. The summed E-state index contributed by atoms with van der Waals surface area (Å²) in [6.07, 6.45) is -0.222. The Kier molecular flexibility index (Phi) is 2.97. The molecule has 1 N–H and O–H groups in total. The van der Waals surface area contributed by atoms with Gasteiger partial charge >= 0.3 is 5.97 Å². The number of rotatable bonds is 4. The first-order chi connectivity index (χ1) is 6.08. The summed E-state index contributed by atoms with van der Waals surface area (Å²) in [7, 11) is 3.74. The normalized spacial score (nSPS) is 10.7. The van der Waals surface area contributed by atoms with E-state index >= 15 is 0 Å². The summed E-state index contributed by atoms with van der Waals surface area (Å²) in [6.45, 7) is 0.545. The molecule has 1 aromatic heterocycles. The zero-order valence-electron chi connectivity index (χ0n) is 7.52. The number of carbonyl (C=O) groups is 1. The third kappa shape index (κ3) is 3.20. The highest BCUT2D eigenvalue weighted by Gasteiger charge is 2.09. The van der Waals surface area contributed by atoms with Crippen LogP contribution >= 0.6 is 0 Å². The first-order valence-electron chi connectivity index (χ1n) is 3.76. The fourth-order valence-electron chi connectivity index (χ4n) is 0.838.